The second-order valence-corrected chi connectivity index (χ2v) is 9.51. The van der Waals surface area contributed by atoms with E-state index in [1.807, 2.05) is 62.4 Å². The van der Waals surface area contributed by atoms with Crippen LogP contribution in [-0.4, -0.2) is 41.6 Å². The number of imide groups is 1. The highest BCUT2D eigenvalue weighted by atomic mass is 16.7. The normalized spacial score (nSPS) is 14.7. The Hall–Kier alpha value is -4.46. The van der Waals surface area contributed by atoms with Crippen molar-refractivity contribution in [2.45, 2.75) is 32.2 Å². The number of fused-ring (bicyclic) bond motifs is 4. The molecule has 1 atom stereocenters. The van der Waals surface area contributed by atoms with Crippen LogP contribution in [0.2, 0.25) is 0 Å². The molecule has 188 valence electrons. The lowest BCUT2D eigenvalue weighted by molar-refractivity contribution is -0.171. The molecule has 3 amide bonds. The van der Waals surface area contributed by atoms with Gasteiger partial charge in [0.1, 0.15) is 12.6 Å². The highest BCUT2D eigenvalue weighted by molar-refractivity contribution is 6.20. The average molecular weight is 499 g/mol. The van der Waals surface area contributed by atoms with Crippen LogP contribution in [0, 0.1) is 5.92 Å². The van der Waals surface area contributed by atoms with Crippen molar-refractivity contribution in [2.75, 3.05) is 6.61 Å². The van der Waals surface area contributed by atoms with Gasteiger partial charge in [-0.25, -0.2) is 9.59 Å². The van der Waals surface area contributed by atoms with E-state index in [0.29, 0.717) is 5.06 Å². The molecule has 0 fully saturated rings. The van der Waals surface area contributed by atoms with E-state index in [1.165, 1.54) is 12.1 Å². The van der Waals surface area contributed by atoms with Crippen LogP contribution in [0.25, 0.3) is 11.1 Å². The lowest BCUT2D eigenvalue weighted by Crippen LogP contribution is -2.46. The van der Waals surface area contributed by atoms with Gasteiger partial charge >= 0.3 is 12.1 Å². The van der Waals surface area contributed by atoms with Crippen molar-refractivity contribution in [3.8, 4) is 11.1 Å². The number of ether oxygens (including phenoxy) is 1. The van der Waals surface area contributed by atoms with Gasteiger partial charge in [-0.15, -0.1) is 0 Å². The lowest BCUT2D eigenvalue weighted by Gasteiger charge is -2.22. The van der Waals surface area contributed by atoms with Crippen LogP contribution in [0.15, 0.2) is 72.8 Å². The first kappa shape index (κ1) is 24.2. The number of hydrogen-bond acceptors (Lipinski definition) is 6. The summed E-state index contributed by atoms with van der Waals surface area (Å²) in [5.41, 5.74) is 4.67. The molecular formula is C29H26N2O6. The number of benzene rings is 3. The Bertz CT molecular complexity index is 1320. The Morgan fingerprint density at radius 1 is 0.811 bits per heavy atom. The van der Waals surface area contributed by atoms with Crippen molar-refractivity contribution < 1.29 is 28.8 Å². The quantitative estimate of drug-likeness (QED) is 0.474. The highest BCUT2D eigenvalue weighted by Gasteiger charge is 2.40. The van der Waals surface area contributed by atoms with Gasteiger partial charge in [0.25, 0.3) is 11.8 Å². The molecule has 0 aromatic heterocycles. The maximum atomic E-state index is 13.0. The number of amides is 3. The molecule has 0 spiro atoms. The molecule has 37 heavy (non-hydrogen) atoms. The third-order valence-electron chi connectivity index (χ3n) is 6.57. The van der Waals surface area contributed by atoms with Crippen molar-refractivity contribution in [1.29, 1.82) is 0 Å². The number of carbonyl (C=O) groups is 4. The average Bonchev–Trinajstić information content (AvgIpc) is 3.34. The van der Waals surface area contributed by atoms with Crippen LogP contribution in [0.4, 0.5) is 4.79 Å². The van der Waals surface area contributed by atoms with Gasteiger partial charge in [0.15, 0.2) is 0 Å². The van der Waals surface area contributed by atoms with Gasteiger partial charge < -0.3 is 14.9 Å². The van der Waals surface area contributed by atoms with Gasteiger partial charge in [0, 0.05) is 5.92 Å². The van der Waals surface area contributed by atoms with Gasteiger partial charge in [0.2, 0.25) is 0 Å². The summed E-state index contributed by atoms with van der Waals surface area (Å²) < 4.78 is 5.56. The third-order valence-corrected chi connectivity index (χ3v) is 6.57. The summed E-state index contributed by atoms with van der Waals surface area (Å²) in [6, 6.07) is 21.1. The summed E-state index contributed by atoms with van der Waals surface area (Å²) in [7, 11) is 0. The minimum atomic E-state index is -1.11. The molecule has 8 heteroatoms. The summed E-state index contributed by atoms with van der Waals surface area (Å²) in [5, 5.41) is 3.00. The van der Waals surface area contributed by atoms with E-state index in [9.17, 15) is 19.2 Å². The predicted molar refractivity (Wildman–Crippen MR) is 134 cm³/mol. The Kier molecular flexibility index (Phi) is 6.48. The van der Waals surface area contributed by atoms with E-state index < -0.39 is 29.9 Å². The predicted octanol–water partition coefficient (Wildman–Crippen LogP) is 4.69. The molecular weight excluding hydrogens is 472 g/mol. The van der Waals surface area contributed by atoms with Crippen molar-refractivity contribution in [3.63, 3.8) is 0 Å². The van der Waals surface area contributed by atoms with Crippen molar-refractivity contribution >= 4 is 23.9 Å². The molecule has 0 saturated carbocycles. The summed E-state index contributed by atoms with van der Waals surface area (Å²) in [4.78, 5) is 56.1. The van der Waals surface area contributed by atoms with Gasteiger partial charge in [-0.2, -0.15) is 0 Å². The fourth-order valence-corrected chi connectivity index (χ4v) is 4.87. The van der Waals surface area contributed by atoms with Gasteiger partial charge in [-0.1, -0.05) is 79.6 Å². The maximum Gasteiger partial charge on any atom is 0.407 e. The largest absolute Gasteiger partial charge is 0.449 e. The molecule has 2 aliphatic rings. The van der Waals surface area contributed by atoms with Gasteiger partial charge in [-0.05, 0) is 46.7 Å². The number of hydrogen-bond donors (Lipinski definition) is 1. The summed E-state index contributed by atoms with van der Waals surface area (Å²) in [6.07, 6.45) is -0.557. The van der Waals surface area contributed by atoms with E-state index in [1.54, 1.807) is 12.1 Å². The number of nitrogens with one attached hydrogen (secondary N) is 1. The van der Waals surface area contributed by atoms with Crippen LogP contribution in [0.1, 0.15) is 58.0 Å². The molecule has 1 aliphatic heterocycles. The molecule has 0 radical (unpaired) electrons. The molecule has 3 aromatic carbocycles. The first-order valence-corrected chi connectivity index (χ1v) is 12.2. The van der Waals surface area contributed by atoms with E-state index in [2.05, 4.69) is 5.32 Å². The maximum absolute atomic E-state index is 13.0. The zero-order valence-electron chi connectivity index (χ0n) is 20.5. The fraction of sp³-hybridized carbons (Fsp3) is 0.241. The lowest BCUT2D eigenvalue weighted by atomic mass is 9.98. The summed E-state index contributed by atoms with van der Waals surface area (Å²) in [5.74, 6) is -2.49. The van der Waals surface area contributed by atoms with Crippen LogP contribution >= 0.6 is 0 Å². The minimum Gasteiger partial charge on any atom is -0.449 e. The molecule has 1 aliphatic carbocycles. The Morgan fingerprint density at radius 2 is 1.30 bits per heavy atom. The van der Waals surface area contributed by atoms with Crippen LogP contribution < -0.4 is 5.32 Å². The number of carbonyl (C=O) groups excluding carboxylic acids is 4. The molecule has 5 rings (SSSR count). The van der Waals surface area contributed by atoms with E-state index in [0.717, 1.165) is 22.3 Å². The van der Waals surface area contributed by atoms with Crippen molar-refractivity contribution in [2.24, 2.45) is 5.92 Å². The van der Waals surface area contributed by atoms with E-state index in [-0.39, 0.29) is 36.0 Å². The second-order valence-electron chi connectivity index (χ2n) is 9.51. The molecule has 1 N–H and O–H groups in total. The SMILES string of the molecule is CC(C)C[C@H](NC(=O)OCC1c2ccccc2-c2ccccc21)C(=O)ON1C(=O)c2ccccc2C1=O. The van der Waals surface area contributed by atoms with E-state index in [4.69, 9.17) is 9.57 Å². The Balaban J connectivity index is 1.25. The molecule has 1 heterocycles. The molecule has 8 nitrogen and oxygen atoms in total. The summed E-state index contributed by atoms with van der Waals surface area (Å²) in [6.45, 7) is 3.84. The standard InChI is InChI=1S/C29H26N2O6/c1-17(2)15-25(28(34)37-31-26(32)22-13-7-8-14-23(22)27(31)33)30-29(35)36-16-24-20-11-5-3-9-18(20)19-10-4-6-12-21(19)24/h3-14,17,24-25H,15-16H2,1-2H3,(H,30,35)/t25-/m0/s1. The Labute approximate surface area is 214 Å². The minimum absolute atomic E-state index is 0.00798. The zero-order valence-corrected chi connectivity index (χ0v) is 20.5. The first-order valence-electron chi connectivity index (χ1n) is 12.2. The molecule has 0 unspecified atom stereocenters. The smallest absolute Gasteiger partial charge is 0.407 e. The van der Waals surface area contributed by atoms with Crippen LogP contribution in [0.5, 0.6) is 0 Å². The fourth-order valence-electron chi connectivity index (χ4n) is 4.87. The zero-order chi connectivity index (χ0) is 26.1. The van der Waals surface area contributed by atoms with Crippen LogP contribution in [0.3, 0.4) is 0 Å². The van der Waals surface area contributed by atoms with Crippen molar-refractivity contribution in [1.82, 2.24) is 10.4 Å². The van der Waals surface area contributed by atoms with Crippen molar-refractivity contribution in [3.05, 3.63) is 95.1 Å². The third kappa shape index (κ3) is 4.58. The monoisotopic (exact) mass is 498 g/mol. The first-order chi connectivity index (χ1) is 17.8. The Morgan fingerprint density at radius 3 is 1.81 bits per heavy atom. The van der Waals surface area contributed by atoms with E-state index >= 15 is 0 Å². The number of nitrogens with zero attached hydrogens (tertiary/aromatic N) is 1. The molecule has 0 bridgehead atoms. The van der Waals surface area contributed by atoms with Gasteiger partial charge in [0.05, 0.1) is 11.1 Å². The second kappa shape index (κ2) is 9.89. The number of rotatable bonds is 7. The van der Waals surface area contributed by atoms with Gasteiger partial charge in [-0.3, -0.25) is 9.59 Å². The molecule has 3 aromatic rings. The topological polar surface area (TPSA) is 102 Å². The number of alkyl carbamates (subject to hydrolysis) is 1. The summed E-state index contributed by atoms with van der Waals surface area (Å²) >= 11 is 0. The molecule has 0 saturated heterocycles. The van der Waals surface area contributed by atoms with Crippen LogP contribution in [-0.2, 0) is 14.4 Å². The highest BCUT2D eigenvalue weighted by Crippen LogP contribution is 2.44. The number of hydroxylamine groups is 2.